The summed E-state index contributed by atoms with van der Waals surface area (Å²) < 4.78 is 24.1. The summed E-state index contributed by atoms with van der Waals surface area (Å²) in [6, 6.07) is 6.08. The molecule has 21 heavy (non-hydrogen) atoms. The van der Waals surface area contributed by atoms with E-state index in [4.69, 9.17) is 26.8 Å². The van der Waals surface area contributed by atoms with Crippen LogP contribution in [-0.4, -0.2) is 14.2 Å². The number of methoxy groups -OCH3 is 2. The highest BCUT2D eigenvalue weighted by Crippen LogP contribution is 2.39. The van der Waals surface area contributed by atoms with E-state index in [-0.39, 0.29) is 5.69 Å². The minimum Gasteiger partial charge on any atom is -0.495 e. The fraction of sp³-hybridized carbons (Fsp3) is 0.143. The summed E-state index contributed by atoms with van der Waals surface area (Å²) in [5.74, 6) is 0.569. The fourth-order valence-electron chi connectivity index (χ4n) is 1.77. The number of halogens is 3. The van der Waals surface area contributed by atoms with Gasteiger partial charge in [-0.1, -0.05) is 11.6 Å². The third kappa shape index (κ3) is 3.33. The lowest BCUT2D eigenvalue weighted by atomic mass is 10.2. The van der Waals surface area contributed by atoms with Crippen LogP contribution >= 0.6 is 27.5 Å². The predicted molar refractivity (Wildman–Crippen MR) is 86.4 cm³/mol. The maximum absolute atomic E-state index is 13.4. The maximum atomic E-state index is 13.4. The minimum absolute atomic E-state index is 0.270. The van der Waals surface area contributed by atoms with Gasteiger partial charge >= 0.3 is 0 Å². The van der Waals surface area contributed by atoms with Crippen molar-refractivity contribution in [3.8, 4) is 11.5 Å². The van der Waals surface area contributed by atoms with Gasteiger partial charge in [0.1, 0.15) is 17.3 Å². The summed E-state index contributed by atoms with van der Waals surface area (Å²) in [5, 5.41) is 3.50. The minimum atomic E-state index is -0.432. The molecular weight excluding hydrogens is 363 g/mol. The van der Waals surface area contributed by atoms with Crippen molar-refractivity contribution in [1.29, 1.82) is 0 Å². The quantitative estimate of drug-likeness (QED) is 0.768. The first kappa shape index (κ1) is 15.7. The molecule has 0 aromatic heterocycles. The molecular formula is C14H13BrClFN2O2. The van der Waals surface area contributed by atoms with Gasteiger partial charge in [0, 0.05) is 18.2 Å². The van der Waals surface area contributed by atoms with E-state index in [2.05, 4.69) is 21.2 Å². The summed E-state index contributed by atoms with van der Waals surface area (Å²) in [6.07, 6.45) is 0. The van der Waals surface area contributed by atoms with Crippen molar-refractivity contribution in [3.05, 3.63) is 39.6 Å². The van der Waals surface area contributed by atoms with Crippen LogP contribution in [0.25, 0.3) is 0 Å². The van der Waals surface area contributed by atoms with Crippen LogP contribution in [0.2, 0.25) is 5.02 Å². The first-order chi connectivity index (χ1) is 9.96. The Labute approximate surface area is 135 Å². The van der Waals surface area contributed by atoms with Crippen LogP contribution in [0.1, 0.15) is 0 Å². The van der Waals surface area contributed by atoms with Crippen LogP contribution in [0.3, 0.4) is 0 Å². The van der Waals surface area contributed by atoms with E-state index in [0.717, 1.165) is 0 Å². The van der Waals surface area contributed by atoms with Gasteiger partial charge in [0.25, 0.3) is 0 Å². The van der Waals surface area contributed by atoms with Crippen LogP contribution in [0.15, 0.2) is 28.7 Å². The number of ether oxygens (including phenoxy) is 2. The summed E-state index contributed by atoms with van der Waals surface area (Å²) in [5.41, 5.74) is 7.21. The molecule has 4 nitrogen and oxygen atoms in total. The second-order valence-electron chi connectivity index (χ2n) is 4.17. The molecule has 0 amide bonds. The van der Waals surface area contributed by atoms with Gasteiger partial charge in [-0.25, -0.2) is 4.39 Å². The molecule has 0 atom stereocenters. The zero-order valence-corrected chi connectivity index (χ0v) is 13.7. The van der Waals surface area contributed by atoms with Crippen LogP contribution in [-0.2, 0) is 0 Å². The van der Waals surface area contributed by atoms with Crippen molar-refractivity contribution < 1.29 is 13.9 Å². The van der Waals surface area contributed by atoms with Gasteiger partial charge < -0.3 is 20.5 Å². The van der Waals surface area contributed by atoms with Crippen molar-refractivity contribution in [2.75, 3.05) is 25.3 Å². The van der Waals surface area contributed by atoms with E-state index >= 15 is 0 Å². The summed E-state index contributed by atoms with van der Waals surface area (Å²) in [4.78, 5) is 0. The maximum Gasteiger partial charge on any atom is 0.144 e. The molecule has 0 aliphatic heterocycles. The molecule has 2 rings (SSSR count). The Balaban J connectivity index is 2.45. The highest BCUT2D eigenvalue weighted by Gasteiger charge is 2.12. The Morgan fingerprint density at radius 3 is 2.38 bits per heavy atom. The molecule has 0 heterocycles. The monoisotopic (exact) mass is 374 g/mol. The topological polar surface area (TPSA) is 56.5 Å². The van der Waals surface area contributed by atoms with Crippen molar-refractivity contribution >= 4 is 44.6 Å². The Bertz CT molecular complexity index is 683. The predicted octanol–water partition coefficient (Wildman–Crippen LogP) is 4.58. The van der Waals surface area contributed by atoms with E-state index in [0.29, 0.717) is 32.4 Å². The van der Waals surface area contributed by atoms with Gasteiger partial charge in [-0.2, -0.15) is 0 Å². The van der Waals surface area contributed by atoms with Crippen molar-refractivity contribution in [2.24, 2.45) is 0 Å². The lowest BCUT2D eigenvalue weighted by Crippen LogP contribution is -2.00. The lowest BCUT2D eigenvalue weighted by molar-refractivity contribution is 0.405. The van der Waals surface area contributed by atoms with Gasteiger partial charge in [0.2, 0.25) is 0 Å². The molecule has 7 heteroatoms. The van der Waals surface area contributed by atoms with Crippen LogP contribution in [0.5, 0.6) is 11.5 Å². The summed E-state index contributed by atoms with van der Waals surface area (Å²) >= 11 is 9.17. The molecule has 0 spiro atoms. The van der Waals surface area contributed by atoms with E-state index in [9.17, 15) is 4.39 Å². The summed E-state index contributed by atoms with van der Waals surface area (Å²) in [7, 11) is 3.04. The third-order valence-corrected chi connectivity index (χ3v) is 3.74. The van der Waals surface area contributed by atoms with Gasteiger partial charge in [-0.3, -0.25) is 0 Å². The highest BCUT2D eigenvalue weighted by atomic mass is 79.9. The lowest BCUT2D eigenvalue weighted by Gasteiger charge is -2.15. The second-order valence-corrected chi connectivity index (χ2v) is 5.43. The molecule has 0 saturated heterocycles. The molecule has 0 radical (unpaired) electrons. The number of hydrogen-bond donors (Lipinski definition) is 2. The normalized spacial score (nSPS) is 10.3. The summed E-state index contributed by atoms with van der Waals surface area (Å²) in [6.45, 7) is 0. The molecule has 0 aliphatic rings. The number of hydrogen-bond acceptors (Lipinski definition) is 4. The van der Waals surface area contributed by atoms with Gasteiger partial charge in [-0.05, 0) is 22.0 Å². The molecule has 2 aromatic rings. The molecule has 0 aliphatic carbocycles. The zero-order valence-electron chi connectivity index (χ0n) is 11.3. The smallest absolute Gasteiger partial charge is 0.144 e. The van der Waals surface area contributed by atoms with Crippen LogP contribution < -0.4 is 20.5 Å². The average molecular weight is 376 g/mol. The Morgan fingerprint density at radius 2 is 1.76 bits per heavy atom. The average Bonchev–Trinajstić information content (AvgIpc) is 2.45. The standard InChI is InChI=1S/C14H13BrClFN2O2/c1-20-13-6-12(14(21-2)4-8(13)16)19-11-3-7(15)9(17)5-10(11)18/h3-6,19H,18H2,1-2H3. The molecule has 0 saturated carbocycles. The van der Waals surface area contributed by atoms with Gasteiger partial charge in [-0.15, -0.1) is 0 Å². The molecule has 112 valence electrons. The zero-order chi connectivity index (χ0) is 15.6. The van der Waals surface area contributed by atoms with E-state index < -0.39 is 5.82 Å². The van der Waals surface area contributed by atoms with Crippen LogP contribution in [0.4, 0.5) is 21.5 Å². The van der Waals surface area contributed by atoms with Crippen molar-refractivity contribution in [3.63, 3.8) is 0 Å². The highest BCUT2D eigenvalue weighted by molar-refractivity contribution is 9.10. The fourth-order valence-corrected chi connectivity index (χ4v) is 2.35. The van der Waals surface area contributed by atoms with E-state index in [1.165, 1.54) is 20.3 Å². The first-order valence-electron chi connectivity index (χ1n) is 5.89. The number of nitrogens with one attached hydrogen (secondary N) is 1. The Hall–Kier alpha value is -1.66. The largest absolute Gasteiger partial charge is 0.495 e. The number of nitrogens with two attached hydrogens (primary N) is 1. The first-order valence-corrected chi connectivity index (χ1v) is 7.06. The number of anilines is 3. The molecule has 2 aromatic carbocycles. The molecule has 0 bridgehead atoms. The van der Waals surface area contributed by atoms with Gasteiger partial charge in [0.05, 0.1) is 40.8 Å². The molecule has 0 fully saturated rings. The van der Waals surface area contributed by atoms with Crippen molar-refractivity contribution in [2.45, 2.75) is 0 Å². The number of benzene rings is 2. The van der Waals surface area contributed by atoms with Crippen LogP contribution in [0, 0.1) is 5.82 Å². The van der Waals surface area contributed by atoms with E-state index in [1.807, 2.05) is 0 Å². The molecule has 3 N–H and O–H groups in total. The SMILES string of the molecule is COc1cc(Nc2cc(Br)c(F)cc2N)c(OC)cc1Cl. The Kier molecular flexibility index (Phi) is 4.80. The van der Waals surface area contributed by atoms with E-state index in [1.54, 1.807) is 18.2 Å². The number of nitrogen functional groups attached to an aromatic ring is 1. The second kappa shape index (κ2) is 6.41. The molecule has 0 unspecified atom stereocenters. The Morgan fingerprint density at radius 1 is 1.10 bits per heavy atom. The third-order valence-electron chi connectivity index (χ3n) is 2.84. The van der Waals surface area contributed by atoms with Crippen molar-refractivity contribution in [1.82, 2.24) is 0 Å². The number of rotatable bonds is 4. The van der Waals surface area contributed by atoms with Gasteiger partial charge in [0.15, 0.2) is 0 Å².